The highest BCUT2D eigenvalue weighted by molar-refractivity contribution is 7.12. The average Bonchev–Trinajstić information content (AvgIpc) is 3.40. The van der Waals surface area contributed by atoms with Gasteiger partial charge in [-0.05, 0) is 27.7 Å². The number of ether oxygens (including phenoxy) is 1. The fraction of sp³-hybridized carbons (Fsp3) is 0.417. The van der Waals surface area contributed by atoms with Crippen LogP contribution in [-0.4, -0.2) is 69.4 Å². The Morgan fingerprint density at radius 3 is 2.36 bits per heavy atom. The molecule has 0 saturated carbocycles. The van der Waals surface area contributed by atoms with E-state index in [2.05, 4.69) is 36.3 Å². The molecule has 0 atom stereocenters. The van der Waals surface area contributed by atoms with Gasteiger partial charge in [-0.1, -0.05) is 29.8 Å². The number of amides is 2. The lowest BCUT2D eigenvalue weighted by molar-refractivity contribution is -0.132. The van der Waals surface area contributed by atoms with E-state index in [1.165, 1.54) is 16.9 Å². The third-order valence-electron chi connectivity index (χ3n) is 5.95. The van der Waals surface area contributed by atoms with E-state index in [1.54, 1.807) is 11.8 Å². The average molecular weight is 468 g/mol. The van der Waals surface area contributed by atoms with Crippen molar-refractivity contribution >= 4 is 23.3 Å². The summed E-state index contributed by atoms with van der Waals surface area (Å²) >= 11 is 1.54. The van der Waals surface area contributed by atoms with E-state index < -0.39 is 0 Å². The van der Waals surface area contributed by atoms with Crippen molar-refractivity contribution in [3.05, 3.63) is 52.2 Å². The molecule has 3 aromatic rings. The molecule has 1 aliphatic heterocycles. The molecule has 0 bridgehead atoms. The van der Waals surface area contributed by atoms with E-state index in [-0.39, 0.29) is 18.4 Å². The van der Waals surface area contributed by atoms with Gasteiger partial charge < -0.3 is 14.5 Å². The van der Waals surface area contributed by atoms with Gasteiger partial charge in [0.05, 0.1) is 24.4 Å². The Balaban J connectivity index is 1.45. The molecule has 33 heavy (non-hydrogen) atoms. The van der Waals surface area contributed by atoms with E-state index >= 15 is 0 Å². The maximum absolute atomic E-state index is 13.0. The van der Waals surface area contributed by atoms with Crippen LogP contribution < -0.4 is 0 Å². The van der Waals surface area contributed by atoms with Gasteiger partial charge in [0.2, 0.25) is 11.0 Å². The van der Waals surface area contributed by atoms with Crippen molar-refractivity contribution < 1.29 is 14.3 Å². The van der Waals surface area contributed by atoms with Crippen LogP contribution in [0.4, 0.5) is 4.79 Å². The van der Waals surface area contributed by atoms with E-state index in [1.807, 2.05) is 28.8 Å². The highest BCUT2D eigenvalue weighted by Gasteiger charge is 2.26. The molecule has 1 fully saturated rings. The van der Waals surface area contributed by atoms with E-state index in [9.17, 15) is 9.59 Å². The van der Waals surface area contributed by atoms with Crippen LogP contribution in [0, 0.1) is 20.8 Å². The second-order valence-corrected chi connectivity index (χ2v) is 9.02. The van der Waals surface area contributed by atoms with Crippen LogP contribution in [0.15, 0.2) is 29.6 Å². The molecule has 0 aliphatic carbocycles. The van der Waals surface area contributed by atoms with E-state index in [0.717, 1.165) is 33.3 Å². The third-order valence-corrected chi connectivity index (χ3v) is 6.76. The molecule has 1 aromatic carbocycles. The van der Waals surface area contributed by atoms with Crippen molar-refractivity contribution in [3.8, 4) is 16.4 Å². The molecule has 174 valence electrons. The van der Waals surface area contributed by atoms with Gasteiger partial charge in [-0.25, -0.2) is 14.5 Å². The Labute approximate surface area is 197 Å². The number of hydrogen-bond acceptors (Lipinski definition) is 6. The zero-order chi connectivity index (χ0) is 23.5. The molecule has 0 unspecified atom stereocenters. The summed E-state index contributed by atoms with van der Waals surface area (Å²) < 4.78 is 6.88. The number of piperazine rings is 1. The lowest BCUT2D eigenvalue weighted by Gasteiger charge is -2.34. The summed E-state index contributed by atoms with van der Waals surface area (Å²) in [7, 11) is 0. The van der Waals surface area contributed by atoms with Gasteiger partial charge in [0.1, 0.15) is 0 Å². The zero-order valence-electron chi connectivity index (χ0n) is 19.5. The van der Waals surface area contributed by atoms with Crippen LogP contribution in [0.2, 0.25) is 0 Å². The standard InChI is InChI=1S/C24H29N5O3S/c1-5-32-24(31)28-12-10-27(11-13-28)22(30)14-20-17(3)26-29(18(20)4)23-25-21(15-33-23)19-8-6-16(2)7-9-19/h6-9,15H,5,10-14H2,1-4H3. The molecule has 2 amide bonds. The number of nitrogens with zero attached hydrogens (tertiary/aromatic N) is 5. The molecule has 2 aromatic heterocycles. The summed E-state index contributed by atoms with van der Waals surface area (Å²) in [5.74, 6) is 0.0451. The topological polar surface area (TPSA) is 80.6 Å². The molecular weight excluding hydrogens is 438 g/mol. The smallest absolute Gasteiger partial charge is 0.409 e. The number of thiazole rings is 1. The van der Waals surface area contributed by atoms with Crippen LogP contribution in [0.25, 0.3) is 16.4 Å². The number of aromatic nitrogens is 3. The molecular formula is C24H29N5O3S. The van der Waals surface area contributed by atoms with Crippen LogP contribution in [0.1, 0.15) is 29.4 Å². The van der Waals surface area contributed by atoms with Crippen molar-refractivity contribution in [1.82, 2.24) is 24.6 Å². The van der Waals surface area contributed by atoms with Crippen LogP contribution in [0.5, 0.6) is 0 Å². The molecule has 1 aliphatic rings. The molecule has 4 rings (SSSR count). The second-order valence-electron chi connectivity index (χ2n) is 8.19. The molecule has 0 spiro atoms. The Hall–Kier alpha value is -3.20. The van der Waals surface area contributed by atoms with Gasteiger partial charge in [0.25, 0.3) is 0 Å². The highest BCUT2D eigenvalue weighted by atomic mass is 32.1. The summed E-state index contributed by atoms with van der Waals surface area (Å²) in [5.41, 5.74) is 5.89. The van der Waals surface area contributed by atoms with Crippen molar-refractivity contribution in [1.29, 1.82) is 0 Å². The van der Waals surface area contributed by atoms with Crippen molar-refractivity contribution in [2.45, 2.75) is 34.1 Å². The fourth-order valence-electron chi connectivity index (χ4n) is 3.95. The van der Waals surface area contributed by atoms with Gasteiger partial charge in [-0.3, -0.25) is 4.79 Å². The first-order valence-electron chi connectivity index (χ1n) is 11.1. The minimum Gasteiger partial charge on any atom is -0.450 e. The van der Waals surface area contributed by atoms with Crippen LogP contribution >= 0.6 is 11.3 Å². The van der Waals surface area contributed by atoms with Crippen molar-refractivity contribution in [2.75, 3.05) is 32.8 Å². The molecule has 0 N–H and O–H groups in total. The normalized spacial score (nSPS) is 13.9. The quantitative estimate of drug-likeness (QED) is 0.571. The number of rotatable bonds is 5. The van der Waals surface area contributed by atoms with Gasteiger partial charge >= 0.3 is 6.09 Å². The lowest BCUT2D eigenvalue weighted by Crippen LogP contribution is -2.51. The maximum atomic E-state index is 13.0. The Morgan fingerprint density at radius 1 is 1.03 bits per heavy atom. The third kappa shape index (κ3) is 4.93. The highest BCUT2D eigenvalue weighted by Crippen LogP contribution is 2.27. The predicted octanol–water partition coefficient (Wildman–Crippen LogP) is 3.76. The zero-order valence-corrected chi connectivity index (χ0v) is 20.3. The monoisotopic (exact) mass is 467 g/mol. The van der Waals surface area contributed by atoms with E-state index in [0.29, 0.717) is 32.8 Å². The maximum Gasteiger partial charge on any atom is 0.409 e. The molecule has 1 saturated heterocycles. The van der Waals surface area contributed by atoms with E-state index in [4.69, 9.17) is 9.72 Å². The second kappa shape index (κ2) is 9.74. The number of hydrogen-bond donors (Lipinski definition) is 0. The number of carbonyl (C=O) groups is 2. The summed E-state index contributed by atoms with van der Waals surface area (Å²) in [6.45, 7) is 10.1. The summed E-state index contributed by atoms with van der Waals surface area (Å²) in [5, 5.41) is 7.50. The summed E-state index contributed by atoms with van der Waals surface area (Å²) in [6, 6.07) is 8.30. The first kappa shape index (κ1) is 23.0. The minimum absolute atomic E-state index is 0.0451. The van der Waals surface area contributed by atoms with Crippen LogP contribution in [0.3, 0.4) is 0 Å². The Kier molecular flexibility index (Phi) is 6.78. The molecule has 9 heteroatoms. The largest absolute Gasteiger partial charge is 0.450 e. The summed E-state index contributed by atoms with van der Waals surface area (Å²) in [6.07, 6.45) is -0.0289. The number of aryl methyl sites for hydroxylation is 2. The first-order chi connectivity index (χ1) is 15.9. The van der Waals surface area contributed by atoms with Crippen LogP contribution in [-0.2, 0) is 16.0 Å². The minimum atomic E-state index is -0.314. The van der Waals surface area contributed by atoms with Gasteiger partial charge in [-0.15, -0.1) is 11.3 Å². The lowest BCUT2D eigenvalue weighted by atomic mass is 10.1. The predicted molar refractivity (Wildman–Crippen MR) is 128 cm³/mol. The van der Waals surface area contributed by atoms with Gasteiger partial charge in [0.15, 0.2) is 0 Å². The molecule has 0 radical (unpaired) electrons. The van der Waals surface area contributed by atoms with Crippen molar-refractivity contribution in [3.63, 3.8) is 0 Å². The Bertz CT molecular complexity index is 1140. The SMILES string of the molecule is CCOC(=O)N1CCN(C(=O)Cc2c(C)nn(-c3nc(-c4ccc(C)cc4)cs3)c2C)CC1. The van der Waals surface area contributed by atoms with Gasteiger partial charge in [-0.2, -0.15) is 5.10 Å². The number of carbonyl (C=O) groups excluding carboxylic acids is 2. The van der Waals surface area contributed by atoms with Gasteiger partial charge in [0, 0.05) is 48.4 Å². The fourth-order valence-corrected chi connectivity index (χ4v) is 4.79. The first-order valence-corrected chi connectivity index (χ1v) is 12.0. The molecule has 8 nitrogen and oxygen atoms in total. The molecule has 3 heterocycles. The number of benzene rings is 1. The summed E-state index contributed by atoms with van der Waals surface area (Å²) in [4.78, 5) is 33.1. The Morgan fingerprint density at radius 2 is 1.70 bits per heavy atom. The van der Waals surface area contributed by atoms with Crippen molar-refractivity contribution in [2.24, 2.45) is 0 Å².